The third kappa shape index (κ3) is 4.19. The number of sulfonamides is 1. The lowest BCUT2D eigenvalue weighted by atomic mass is 10.1. The zero-order chi connectivity index (χ0) is 20.3. The summed E-state index contributed by atoms with van der Waals surface area (Å²) in [6.45, 7) is 4.58. The molecule has 8 heteroatoms. The second kappa shape index (κ2) is 8.30. The third-order valence-electron chi connectivity index (χ3n) is 4.74. The maximum Gasteiger partial charge on any atom is 0.256 e. The number of hydrogen-bond acceptors (Lipinski definition) is 5. The predicted octanol–water partition coefficient (Wildman–Crippen LogP) is 2.33. The molecule has 0 radical (unpaired) electrons. The molecule has 1 N–H and O–H groups in total. The quantitative estimate of drug-likeness (QED) is 0.829. The van der Waals surface area contributed by atoms with Gasteiger partial charge < -0.3 is 15.0 Å². The largest absolute Gasteiger partial charge is 0.378 e. The zero-order valence-electron chi connectivity index (χ0n) is 16.3. The van der Waals surface area contributed by atoms with Crippen molar-refractivity contribution in [1.29, 1.82) is 0 Å². The lowest BCUT2D eigenvalue weighted by Gasteiger charge is -2.30. The molecular formula is C20H25N3O4S. The van der Waals surface area contributed by atoms with E-state index in [2.05, 4.69) is 10.2 Å². The standard InChI is InChI=1S/C20H25N3O4S/c1-15-8-9-16(28(25,26)22(2)3)14-17(15)20(24)21-18-6-4-5-7-19(18)23-10-12-27-13-11-23/h4-9,14H,10-13H2,1-3H3,(H,21,24). The van der Waals surface area contributed by atoms with Crippen molar-refractivity contribution < 1.29 is 17.9 Å². The Balaban J connectivity index is 1.90. The predicted molar refractivity (Wildman–Crippen MR) is 109 cm³/mol. The van der Waals surface area contributed by atoms with Gasteiger partial charge in [0, 0.05) is 32.7 Å². The van der Waals surface area contributed by atoms with Gasteiger partial charge in [0.05, 0.1) is 29.5 Å². The lowest BCUT2D eigenvalue weighted by Crippen LogP contribution is -2.36. The van der Waals surface area contributed by atoms with Gasteiger partial charge in [-0.25, -0.2) is 12.7 Å². The van der Waals surface area contributed by atoms with E-state index in [1.54, 1.807) is 13.0 Å². The van der Waals surface area contributed by atoms with Gasteiger partial charge in [0.25, 0.3) is 5.91 Å². The molecular weight excluding hydrogens is 378 g/mol. The highest BCUT2D eigenvalue weighted by Crippen LogP contribution is 2.27. The molecule has 0 saturated carbocycles. The summed E-state index contributed by atoms with van der Waals surface area (Å²) in [7, 11) is -0.685. The first-order valence-corrected chi connectivity index (χ1v) is 10.5. The molecule has 1 amide bonds. The van der Waals surface area contributed by atoms with Crippen LogP contribution in [0.3, 0.4) is 0 Å². The third-order valence-corrected chi connectivity index (χ3v) is 6.55. The summed E-state index contributed by atoms with van der Waals surface area (Å²) in [5, 5.41) is 2.94. The highest BCUT2D eigenvalue weighted by atomic mass is 32.2. The zero-order valence-corrected chi connectivity index (χ0v) is 17.1. The number of rotatable bonds is 5. The number of carbonyl (C=O) groups is 1. The first-order chi connectivity index (χ1) is 13.3. The number of nitrogens with one attached hydrogen (secondary N) is 1. The van der Waals surface area contributed by atoms with Gasteiger partial charge in [0.2, 0.25) is 10.0 Å². The number of hydrogen-bond donors (Lipinski definition) is 1. The molecule has 1 heterocycles. The molecule has 1 aliphatic heterocycles. The topological polar surface area (TPSA) is 79.0 Å². The van der Waals surface area contributed by atoms with Crippen LogP contribution in [0.4, 0.5) is 11.4 Å². The van der Waals surface area contributed by atoms with Crippen molar-refractivity contribution in [2.75, 3.05) is 50.6 Å². The summed E-state index contributed by atoms with van der Waals surface area (Å²) in [5.74, 6) is -0.339. The summed E-state index contributed by atoms with van der Waals surface area (Å²) < 4.78 is 31.4. The van der Waals surface area contributed by atoms with Crippen molar-refractivity contribution in [3.63, 3.8) is 0 Å². The summed E-state index contributed by atoms with van der Waals surface area (Å²) in [6.07, 6.45) is 0. The second-order valence-electron chi connectivity index (χ2n) is 6.83. The fourth-order valence-corrected chi connectivity index (χ4v) is 3.99. The monoisotopic (exact) mass is 403 g/mol. The number of para-hydroxylation sites is 2. The van der Waals surface area contributed by atoms with Crippen molar-refractivity contribution in [2.45, 2.75) is 11.8 Å². The molecule has 0 atom stereocenters. The molecule has 0 aliphatic carbocycles. The molecule has 28 heavy (non-hydrogen) atoms. The van der Waals surface area contributed by atoms with E-state index >= 15 is 0 Å². The number of aryl methyl sites for hydroxylation is 1. The van der Waals surface area contributed by atoms with Crippen LogP contribution >= 0.6 is 0 Å². The molecule has 0 unspecified atom stereocenters. The van der Waals surface area contributed by atoms with Crippen molar-refractivity contribution in [3.8, 4) is 0 Å². The van der Waals surface area contributed by atoms with E-state index in [0.717, 1.165) is 23.1 Å². The minimum absolute atomic E-state index is 0.0923. The number of anilines is 2. The van der Waals surface area contributed by atoms with Crippen molar-refractivity contribution >= 4 is 27.3 Å². The molecule has 0 aromatic heterocycles. The highest BCUT2D eigenvalue weighted by molar-refractivity contribution is 7.89. The van der Waals surface area contributed by atoms with Gasteiger partial charge >= 0.3 is 0 Å². The summed E-state index contributed by atoms with van der Waals surface area (Å²) in [4.78, 5) is 15.2. The molecule has 7 nitrogen and oxygen atoms in total. The van der Waals surface area contributed by atoms with Crippen LogP contribution in [-0.2, 0) is 14.8 Å². The average Bonchev–Trinajstić information content (AvgIpc) is 2.69. The number of morpholine rings is 1. The average molecular weight is 404 g/mol. The number of amides is 1. The number of benzene rings is 2. The van der Waals surface area contributed by atoms with Gasteiger partial charge in [0.1, 0.15) is 0 Å². The minimum Gasteiger partial charge on any atom is -0.378 e. The Bertz CT molecular complexity index is 967. The Labute approximate surface area is 166 Å². The van der Waals surface area contributed by atoms with Crippen molar-refractivity contribution in [2.24, 2.45) is 0 Å². The summed E-state index contributed by atoms with van der Waals surface area (Å²) >= 11 is 0. The molecule has 1 saturated heterocycles. The molecule has 0 spiro atoms. The van der Waals surface area contributed by atoms with E-state index in [1.807, 2.05) is 24.3 Å². The van der Waals surface area contributed by atoms with Crippen LogP contribution in [0.1, 0.15) is 15.9 Å². The highest BCUT2D eigenvalue weighted by Gasteiger charge is 2.21. The maximum absolute atomic E-state index is 13.0. The SMILES string of the molecule is Cc1ccc(S(=O)(=O)N(C)C)cc1C(=O)Nc1ccccc1N1CCOCC1. The van der Waals surface area contributed by atoms with E-state index < -0.39 is 10.0 Å². The van der Waals surface area contributed by atoms with Gasteiger partial charge in [0.15, 0.2) is 0 Å². The minimum atomic E-state index is -3.62. The van der Waals surface area contributed by atoms with Gasteiger partial charge in [-0.3, -0.25) is 4.79 Å². The molecule has 2 aromatic rings. The maximum atomic E-state index is 13.0. The smallest absolute Gasteiger partial charge is 0.256 e. The van der Waals surface area contributed by atoms with Crippen molar-refractivity contribution in [3.05, 3.63) is 53.6 Å². The van der Waals surface area contributed by atoms with Crippen molar-refractivity contribution in [1.82, 2.24) is 4.31 Å². The van der Waals surface area contributed by atoms with Crippen LogP contribution in [-0.4, -0.2) is 59.0 Å². The lowest BCUT2D eigenvalue weighted by molar-refractivity contribution is 0.102. The van der Waals surface area contributed by atoms with E-state index in [0.29, 0.717) is 30.0 Å². The first kappa shape index (κ1) is 20.3. The molecule has 3 rings (SSSR count). The number of ether oxygens (including phenoxy) is 1. The Morgan fingerprint density at radius 1 is 1.11 bits per heavy atom. The van der Waals surface area contributed by atoms with Gasteiger partial charge in [-0.2, -0.15) is 0 Å². The first-order valence-electron chi connectivity index (χ1n) is 9.07. The van der Waals surface area contributed by atoms with E-state index in [1.165, 1.54) is 26.2 Å². The second-order valence-corrected chi connectivity index (χ2v) is 8.99. The van der Waals surface area contributed by atoms with Gasteiger partial charge in [-0.15, -0.1) is 0 Å². The Kier molecular flexibility index (Phi) is 6.02. The normalized spacial score (nSPS) is 14.9. The molecule has 1 fully saturated rings. The Morgan fingerprint density at radius 2 is 1.79 bits per heavy atom. The van der Waals surface area contributed by atoms with Crippen LogP contribution in [0.25, 0.3) is 0 Å². The molecule has 1 aliphatic rings. The summed E-state index contributed by atoms with van der Waals surface area (Å²) in [6, 6.07) is 12.2. The van der Waals surface area contributed by atoms with Crippen LogP contribution in [0.2, 0.25) is 0 Å². The Morgan fingerprint density at radius 3 is 2.46 bits per heavy atom. The van der Waals surface area contributed by atoms with Crippen LogP contribution < -0.4 is 10.2 Å². The molecule has 0 bridgehead atoms. The van der Waals surface area contributed by atoms with E-state index in [4.69, 9.17) is 4.74 Å². The Hall–Kier alpha value is -2.42. The fraction of sp³-hybridized carbons (Fsp3) is 0.350. The fourth-order valence-electron chi connectivity index (χ4n) is 3.07. The number of carbonyl (C=O) groups excluding carboxylic acids is 1. The van der Waals surface area contributed by atoms with Gasteiger partial charge in [-0.1, -0.05) is 18.2 Å². The number of nitrogens with zero attached hydrogens (tertiary/aromatic N) is 2. The van der Waals surface area contributed by atoms with E-state index in [-0.39, 0.29) is 10.8 Å². The molecule has 2 aromatic carbocycles. The van der Waals surface area contributed by atoms with E-state index in [9.17, 15) is 13.2 Å². The van der Waals surface area contributed by atoms with Crippen LogP contribution in [0.5, 0.6) is 0 Å². The summed E-state index contributed by atoms with van der Waals surface area (Å²) in [5.41, 5.74) is 2.65. The van der Waals surface area contributed by atoms with Crippen LogP contribution in [0, 0.1) is 6.92 Å². The van der Waals surface area contributed by atoms with Crippen LogP contribution in [0.15, 0.2) is 47.4 Å². The van der Waals surface area contributed by atoms with Gasteiger partial charge in [-0.05, 0) is 36.8 Å². The molecule has 150 valence electrons.